The third kappa shape index (κ3) is 4.66. The topological polar surface area (TPSA) is 0 Å². The summed E-state index contributed by atoms with van der Waals surface area (Å²) in [4.78, 5) is 0. The van der Waals surface area contributed by atoms with Crippen LogP contribution in [0.5, 0.6) is 0 Å². The van der Waals surface area contributed by atoms with E-state index in [0.717, 1.165) is 0 Å². The monoisotopic (exact) mass is 186 g/mol. The smallest absolute Gasteiger partial charge is 0.0282 e. The van der Waals surface area contributed by atoms with Gasteiger partial charge in [0.25, 0.3) is 0 Å². The Kier molecular flexibility index (Phi) is 5.49. The highest BCUT2D eigenvalue weighted by atomic mass is 14.0. The molecule has 0 spiro atoms. The quantitative estimate of drug-likeness (QED) is 0.611. The van der Waals surface area contributed by atoms with Gasteiger partial charge in [-0.2, -0.15) is 0 Å². The fraction of sp³-hybridized carbons (Fsp3) is 0.286. The minimum Gasteiger partial charge on any atom is -0.0988 e. The normalized spacial score (nSPS) is 14.7. The molecule has 0 atom stereocenters. The Morgan fingerprint density at radius 1 is 0.929 bits per heavy atom. The summed E-state index contributed by atoms with van der Waals surface area (Å²) >= 11 is 0. The van der Waals surface area contributed by atoms with Crippen LogP contribution in [0.4, 0.5) is 0 Å². The summed E-state index contributed by atoms with van der Waals surface area (Å²) in [6.07, 6.45) is 9.51. The summed E-state index contributed by atoms with van der Waals surface area (Å²) in [7, 11) is 0. The Bertz CT molecular complexity index is 243. The van der Waals surface area contributed by atoms with E-state index in [1.165, 1.54) is 31.3 Å². The van der Waals surface area contributed by atoms with Gasteiger partial charge in [-0.15, -0.1) is 0 Å². The fourth-order valence-corrected chi connectivity index (χ4v) is 1.43. The van der Waals surface area contributed by atoms with Crippen molar-refractivity contribution >= 4 is 0 Å². The molecule has 0 saturated carbocycles. The Hall–Kier alpha value is -1.30. The fourth-order valence-electron chi connectivity index (χ4n) is 1.43. The third-order valence-electron chi connectivity index (χ3n) is 2.25. The van der Waals surface area contributed by atoms with Crippen LogP contribution in [0, 0.1) is 0 Å². The van der Waals surface area contributed by atoms with Crippen molar-refractivity contribution in [2.45, 2.75) is 25.7 Å². The molecule has 0 bridgehead atoms. The van der Waals surface area contributed by atoms with Gasteiger partial charge < -0.3 is 0 Å². The maximum atomic E-state index is 3.72. The molecule has 1 aliphatic rings. The van der Waals surface area contributed by atoms with Crippen LogP contribution in [-0.4, -0.2) is 0 Å². The third-order valence-corrected chi connectivity index (χ3v) is 2.25. The van der Waals surface area contributed by atoms with Crippen LogP contribution in [0.15, 0.2) is 60.7 Å². The van der Waals surface area contributed by atoms with Crippen molar-refractivity contribution in [3.8, 4) is 0 Å². The van der Waals surface area contributed by atoms with Crippen molar-refractivity contribution in [3.05, 3.63) is 60.7 Å². The van der Waals surface area contributed by atoms with Crippen molar-refractivity contribution in [1.82, 2.24) is 0 Å². The van der Waals surface area contributed by atoms with E-state index < -0.39 is 0 Å². The Morgan fingerprint density at radius 3 is 1.79 bits per heavy atom. The van der Waals surface area contributed by atoms with Crippen LogP contribution >= 0.6 is 0 Å². The van der Waals surface area contributed by atoms with Crippen LogP contribution in [-0.2, 0) is 0 Å². The lowest BCUT2D eigenvalue weighted by molar-refractivity contribution is 0.712. The van der Waals surface area contributed by atoms with Crippen LogP contribution in [0.1, 0.15) is 25.7 Å². The lowest BCUT2D eigenvalue weighted by Crippen LogP contribution is -1.86. The number of hydrogen-bond acceptors (Lipinski definition) is 0. The number of rotatable bonds is 1. The second-order valence-corrected chi connectivity index (χ2v) is 3.38. The largest absolute Gasteiger partial charge is 0.0988 e. The Morgan fingerprint density at radius 2 is 1.50 bits per heavy atom. The van der Waals surface area contributed by atoms with Gasteiger partial charge >= 0.3 is 0 Å². The van der Waals surface area contributed by atoms with Crippen LogP contribution in [0.2, 0.25) is 0 Å². The molecule has 0 N–H and O–H groups in total. The maximum absolute atomic E-state index is 3.72. The molecule has 0 aromatic heterocycles. The van der Waals surface area contributed by atoms with Crippen molar-refractivity contribution in [2.75, 3.05) is 0 Å². The molecule has 0 unspecified atom stereocenters. The molecule has 0 nitrogen and oxygen atoms in total. The van der Waals surface area contributed by atoms with Gasteiger partial charge in [-0.3, -0.25) is 0 Å². The van der Waals surface area contributed by atoms with Gasteiger partial charge in [0.05, 0.1) is 0 Å². The van der Waals surface area contributed by atoms with E-state index in [-0.39, 0.29) is 0 Å². The van der Waals surface area contributed by atoms with E-state index in [1.54, 1.807) is 0 Å². The van der Waals surface area contributed by atoms with Crippen molar-refractivity contribution in [3.63, 3.8) is 0 Å². The van der Waals surface area contributed by atoms with Gasteiger partial charge in [0.1, 0.15) is 0 Å². The molecule has 0 radical (unpaired) electrons. The lowest BCUT2D eigenvalue weighted by atomic mass is 10.0. The number of benzene rings is 1. The van der Waals surface area contributed by atoms with E-state index in [4.69, 9.17) is 0 Å². The highest BCUT2D eigenvalue weighted by Gasteiger charge is 1.97. The molecule has 14 heavy (non-hydrogen) atoms. The van der Waals surface area contributed by atoms with E-state index in [2.05, 4.69) is 12.7 Å². The zero-order valence-corrected chi connectivity index (χ0v) is 8.65. The van der Waals surface area contributed by atoms with E-state index >= 15 is 0 Å². The molecule has 1 aromatic carbocycles. The molecule has 1 aromatic rings. The van der Waals surface area contributed by atoms with E-state index in [1.807, 2.05) is 42.5 Å². The first-order valence-corrected chi connectivity index (χ1v) is 5.25. The first kappa shape index (κ1) is 10.8. The number of hydrogen-bond donors (Lipinski definition) is 0. The second-order valence-electron chi connectivity index (χ2n) is 3.38. The van der Waals surface area contributed by atoms with Gasteiger partial charge in [0.15, 0.2) is 0 Å². The minimum atomic E-state index is 1.25. The predicted octanol–water partition coefficient (Wildman–Crippen LogP) is 4.36. The molecule has 2 rings (SSSR count). The molecular weight excluding hydrogens is 168 g/mol. The number of allylic oxidation sites excluding steroid dienone is 3. The highest BCUT2D eigenvalue weighted by Crippen LogP contribution is 2.16. The lowest BCUT2D eigenvalue weighted by Gasteiger charge is -2.06. The summed E-state index contributed by atoms with van der Waals surface area (Å²) in [6, 6.07) is 12.0. The maximum Gasteiger partial charge on any atom is -0.0282 e. The Labute approximate surface area is 87.0 Å². The molecule has 0 amide bonds. The molecular formula is C14H18. The minimum absolute atomic E-state index is 1.25. The molecule has 0 saturated heterocycles. The van der Waals surface area contributed by atoms with Gasteiger partial charge in [-0.1, -0.05) is 60.7 Å². The highest BCUT2D eigenvalue weighted by molar-refractivity contribution is 5.17. The zero-order chi connectivity index (χ0) is 10.1. The standard InChI is InChI=1S/C8H12.C6H6/c1-2-8-6-4-3-5-7-8;1-2-4-6-5-3-1/h2,6H,1,3-5,7H2;1-6H. The molecule has 74 valence electrons. The zero-order valence-electron chi connectivity index (χ0n) is 8.65. The average Bonchev–Trinajstić information content (AvgIpc) is 2.33. The van der Waals surface area contributed by atoms with E-state index in [9.17, 15) is 0 Å². The molecule has 0 fully saturated rings. The van der Waals surface area contributed by atoms with Crippen molar-refractivity contribution in [1.29, 1.82) is 0 Å². The van der Waals surface area contributed by atoms with E-state index in [0.29, 0.717) is 0 Å². The first-order chi connectivity index (χ1) is 6.93. The molecule has 0 heterocycles. The van der Waals surface area contributed by atoms with Crippen molar-refractivity contribution in [2.24, 2.45) is 0 Å². The summed E-state index contributed by atoms with van der Waals surface area (Å²) in [6.45, 7) is 3.72. The summed E-state index contributed by atoms with van der Waals surface area (Å²) < 4.78 is 0. The van der Waals surface area contributed by atoms with Gasteiger partial charge in [0, 0.05) is 0 Å². The average molecular weight is 186 g/mol. The second kappa shape index (κ2) is 7.14. The first-order valence-electron chi connectivity index (χ1n) is 5.25. The molecule has 0 aliphatic heterocycles. The summed E-state index contributed by atoms with van der Waals surface area (Å²) in [5.41, 5.74) is 1.44. The molecule has 1 aliphatic carbocycles. The molecule has 0 heteroatoms. The van der Waals surface area contributed by atoms with Gasteiger partial charge in [0.2, 0.25) is 0 Å². The van der Waals surface area contributed by atoms with Gasteiger partial charge in [-0.25, -0.2) is 0 Å². The summed E-state index contributed by atoms with van der Waals surface area (Å²) in [5.74, 6) is 0. The van der Waals surface area contributed by atoms with Gasteiger partial charge in [-0.05, 0) is 25.7 Å². The summed E-state index contributed by atoms with van der Waals surface area (Å²) in [5, 5.41) is 0. The van der Waals surface area contributed by atoms with Crippen LogP contribution < -0.4 is 0 Å². The Balaban J connectivity index is 0.000000146. The van der Waals surface area contributed by atoms with Crippen LogP contribution in [0.25, 0.3) is 0 Å². The SMILES string of the molecule is C=CC1=CCCCC1.c1ccccc1. The van der Waals surface area contributed by atoms with Crippen molar-refractivity contribution < 1.29 is 0 Å². The van der Waals surface area contributed by atoms with Crippen LogP contribution in [0.3, 0.4) is 0 Å². The predicted molar refractivity (Wildman–Crippen MR) is 63.2 cm³/mol.